The first kappa shape index (κ1) is 19.2. The van der Waals surface area contributed by atoms with E-state index >= 15 is 0 Å². The molecule has 0 aliphatic carbocycles. The van der Waals surface area contributed by atoms with Gasteiger partial charge in [0.2, 0.25) is 6.29 Å². The molecule has 2 bridgehead atoms. The largest absolute Gasteiger partial charge is 0.379 e. The molecular weight excluding hydrogens is 288 g/mol. The first-order valence-corrected chi connectivity index (χ1v) is 9.65. The Bertz CT molecular complexity index is 278. The Hall–Kier alpha value is -0.120. The molecule has 0 aromatic heterocycles. The van der Waals surface area contributed by atoms with E-state index in [1.165, 1.54) is 32.1 Å². The second-order valence-corrected chi connectivity index (χ2v) is 8.00. The summed E-state index contributed by atoms with van der Waals surface area (Å²) in [6, 6.07) is 0. The summed E-state index contributed by atoms with van der Waals surface area (Å²) in [5, 5.41) is 0. The van der Waals surface area contributed by atoms with Crippen LogP contribution in [0.3, 0.4) is 0 Å². The summed E-state index contributed by atoms with van der Waals surface area (Å²) in [4.78, 5) is 0. The Morgan fingerprint density at radius 2 is 1.52 bits per heavy atom. The van der Waals surface area contributed by atoms with Crippen molar-refractivity contribution in [1.29, 1.82) is 0 Å². The van der Waals surface area contributed by atoms with Crippen molar-refractivity contribution in [2.24, 2.45) is 5.41 Å². The highest BCUT2D eigenvalue weighted by molar-refractivity contribution is 4.83. The summed E-state index contributed by atoms with van der Waals surface area (Å²) in [7, 11) is 0. The lowest BCUT2D eigenvalue weighted by atomic mass is 9.86. The Labute approximate surface area is 143 Å². The van der Waals surface area contributed by atoms with E-state index < -0.39 is 0 Å². The van der Waals surface area contributed by atoms with Gasteiger partial charge in [0.15, 0.2) is 0 Å². The lowest BCUT2D eigenvalue weighted by Crippen LogP contribution is -2.29. The van der Waals surface area contributed by atoms with E-state index in [0.717, 1.165) is 51.4 Å². The fourth-order valence-corrected chi connectivity index (χ4v) is 3.29. The maximum atomic E-state index is 6.39. The number of hydrogen-bond donors (Lipinski definition) is 0. The average Bonchev–Trinajstić information content (AvgIpc) is 2.58. The lowest BCUT2D eigenvalue weighted by molar-refractivity contribution is -0.137. The van der Waals surface area contributed by atoms with Gasteiger partial charge in [0.05, 0.1) is 18.8 Å². The number of hydrogen-bond acceptors (Lipinski definition) is 3. The minimum Gasteiger partial charge on any atom is -0.379 e. The zero-order chi connectivity index (χ0) is 16.5. The molecule has 2 unspecified atom stereocenters. The van der Waals surface area contributed by atoms with Crippen molar-refractivity contribution in [3.8, 4) is 0 Å². The molecule has 2 radical (unpaired) electrons. The van der Waals surface area contributed by atoms with Crippen molar-refractivity contribution in [3.63, 3.8) is 0 Å². The lowest BCUT2D eigenvalue weighted by Gasteiger charge is -2.32. The van der Waals surface area contributed by atoms with Gasteiger partial charge in [0, 0.05) is 13.0 Å². The highest BCUT2D eigenvalue weighted by Gasteiger charge is 2.30. The molecule has 23 heavy (non-hydrogen) atoms. The third-order valence-electron chi connectivity index (χ3n) is 5.07. The highest BCUT2D eigenvalue weighted by Crippen LogP contribution is 2.35. The molecule has 2 atom stereocenters. The van der Waals surface area contributed by atoms with E-state index in [9.17, 15) is 0 Å². The van der Waals surface area contributed by atoms with Gasteiger partial charge >= 0.3 is 0 Å². The third kappa shape index (κ3) is 7.53. The Morgan fingerprint density at radius 1 is 0.913 bits per heavy atom. The molecule has 2 aliphatic rings. The van der Waals surface area contributed by atoms with Gasteiger partial charge in [-0.05, 0) is 43.9 Å². The van der Waals surface area contributed by atoms with Crippen LogP contribution < -0.4 is 0 Å². The van der Waals surface area contributed by atoms with Crippen LogP contribution in [0.2, 0.25) is 0 Å². The van der Waals surface area contributed by atoms with Crippen LogP contribution >= 0.6 is 0 Å². The molecule has 0 spiro atoms. The number of rotatable bonds is 3. The van der Waals surface area contributed by atoms with Crippen molar-refractivity contribution in [2.75, 3.05) is 13.2 Å². The molecule has 0 saturated carbocycles. The average molecular weight is 325 g/mol. The summed E-state index contributed by atoms with van der Waals surface area (Å²) >= 11 is 0. The topological polar surface area (TPSA) is 27.7 Å². The maximum absolute atomic E-state index is 6.39. The SMILES string of the molecule is [CH2]CC(C)(C)C[C]1OC2CCCCCCC(COCCCC2)O1. The summed E-state index contributed by atoms with van der Waals surface area (Å²) in [6.45, 7) is 10.1. The van der Waals surface area contributed by atoms with Crippen molar-refractivity contribution in [2.45, 2.75) is 96.7 Å². The maximum Gasteiger partial charge on any atom is 0.224 e. The van der Waals surface area contributed by atoms with Crippen LogP contribution in [-0.4, -0.2) is 25.4 Å². The smallest absolute Gasteiger partial charge is 0.224 e. The van der Waals surface area contributed by atoms with Crippen molar-refractivity contribution in [3.05, 3.63) is 13.2 Å². The van der Waals surface area contributed by atoms with Gasteiger partial charge in [-0.15, -0.1) is 0 Å². The standard InChI is InChI=1S/C20H36O3/c1-4-20(2,3)15-19-22-17-11-7-5-6-8-13-18(23-19)16-21-14-10-9-12-17/h17-18H,1,4-16H2,2-3H3. The zero-order valence-electron chi connectivity index (χ0n) is 15.3. The van der Waals surface area contributed by atoms with Gasteiger partial charge in [-0.3, -0.25) is 0 Å². The minimum absolute atomic E-state index is 0.117. The van der Waals surface area contributed by atoms with Gasteiger partial charge in [-0.25, -0.2) is 0 Å². The van der Waals surface area contributed by atoms with Crippen molar-refractivity contribution in [1.82, 2.24) is 0 Å². The number of ether oxygens (including phenoxy) is 3. The molecule has 0 aromatic rings. The quantitative estimate of drug-likeness (QED) is 0.691. The Kier molecular flexibility index (Phi) is 8.35. The van der Waals surface area contributed by atoms with E-state index in [0.29, 0.717) is 12.7 Å². The molecular formula is C20H36O3. The first-order valence-electron chi connectivity index (χ1n) is 9.65. The predicted octanol–water partition coefficient (Wildman–Crippen LogP) is 5.44. The van der Waals surface area contributed by atoms with Crippen LogP contribution in [0.25, 0.3) is 0 Å². The molecule has 2 aliphatic heterocycles. The minimum atomic E-state index is 0.117. The highest BCUT2D eigenvalue weighted by atomic mass is 16.7. The molecule has 0 amide bonds. The van der Waals surface area contributed by atoms with Crippen molar-refractivity contribution < 1.29 is 14.2 Å². The molecule has 3 heteroatoms. The summed E-state index contributed by atoms with van der Waals surface area (Å²) < 4.78 is 18.6. The van der Waals surface area contributed by atoms with E-state index in [-0.39, 0.29) is 11.5 Å². The summed E-state index contributed by atoms with van der Waals surface area (Å²) in [6.07, 6.45) is 13.8. The van der Waals surface area contributed by atoms with E-state index in [2.05, 4.69) is 20.8 Å². The van der Waals surface area contributed by atoms with Gasteiger partial charge < -0.3 is 14.2 Å². The third-order valence-corrected chi connectivity index (χ3v) is 5.07. The second-order valence-electron chi connectivity index (χ2n) is 8.00. The normalized spacial score (nSPS) is 29.9. The summed E-state index contributed by atoms with van der Waals surface area (Å²) in [5.74, 6) is 0. The Morgan fingerprint density at radius 3 is 2.22 bits per heavy atom. The van der Waals surface area contributed by atoms with Crippen LogP contribution in [0.4, 0.5) is 0 Å². The second kappa shape index (κ2) is 10.0. The monoisotopic (exact) mass is 324 g/mol. The fraction of sp³-hybridized carbons (Fsp3) is 0.900. The Balaban J connectivity index is 2.09. The van der Waals surface area contributed by atoms with E-state index in [1.54, 1.807) is 0 Å². The molecule has 0 aromatic carbocycles. The zero-order valence-corrected chi connectivity index (χ0v) is 15.3. The van der Waals surface area contributed by atoms with Crippen LogP contribution in [-0.2, 0) is 14.2 Å². The molecule has 3 nitrogen and oxygen atoms in total. The van der Waals surface area contributed by atoms with E-state index in [4.69, 9.17) is 14.2 Å². The van der Waals surface area contributed by atoms with Crippen LogP contribution in [0, 0.1) is 18.6 Å². The predicted molar refractivity (Wildman–Crippen MR) is 93.7 cm³/mol. The molecule has 2 fully saturated rings. The molecule has 0 N–H and O–H groups in total. The molecule has 134 valence electrons. The van der Waals surface area contributed by atoms with Gasteiger partial charge in [-0.1, -0.05) is 46.5 Å². The summed E-state index contributed by atoms with van der Waals surface area (Å²) in [5.41, 5.74) is 0.117. The van der Waals surface area contributed by atoms with Gasteiger partial charge in [0.25, 0.3) is 0 Å². The molecule has 2 heterocycles. The molecule has 2 saturated heterocycles. The van der Waals surface area contributed by atoms with E-state index in [1.807, 2.05) is 0 Å². The molecule has 2 rings (SSSR count). The van der Waals surface area contributed by atoms with Crippen LogP contribution in [0.5, 0.6) is 0 Å². The first-order chi connectivity index (χ1) is 11.1. The van der Waals surface area contributed by atoms with Crippen molar-refractivity contribution >= 4 is 0 Å². The van der Waals surface area contributed by atoms with Gasteiger partial charge in [-0.2, -0.15) is 0 Å². The van der Waals surface area contributed by atoms with Gasteiger partial charge in [0.1, 0.15) is 0 Å². The van der Waals surface area contributed by atoms with Crippen LogP contribution in [0.1, 0.15) is 84.5 Å². The number of fused-ring (bicyclic) bond motifs is 4. The van der Waals surface area contributed by atoms with Crippen LogP contribution in [0.15, 0.2) is 0 Å². The fourth-order valence-electron chi connectivity index (χ4n) is 3.29.